The minimum atomic E-state index is -1.27. The third-order valence-electron chi connectivity index (χ3n) is 1.34. The smallest absolute Gasteiger partial charge is 0.176 e. The quantitative estimate of drug-likeness (QED) is 0.764. The molecule has 0 aliphatic rings. The van der Waals surface area contributed by atoms with Crippen LogP contribution in [0.15, 0.2) is 30.3 Å². The molecule has 16 heavy (non-hydrogen) atoms. The number of hydrogen-bond donors (Lipinski definition) is 0. The second-order valence-corrected chi connectivity index (χ2v) is 3.26. The number of hydroxylamine groups is 1. The van der Waals surface area contributed by atoms with Crippen LogP contribution in [0.3, 0.4) is 0 Å². The highest BCUT2D eigenvalue weighted by Gasteiger charge is 2.00. The lowest BCUT2D eigenvalue weighted by molar-refractivity contribution is 0.336. The molecule has 0 spiro atoms. The summed E-state index contributed by atoms with van der Waals surface area (Å²) in [5.74, 6) is 0. The van der Waals surface area contributed by atoms with Gasteiger partial charge in [-0.3, -0.25) is 0 Å². The molecule has 0 radical (unpaired) electrons. The Hall–Kier alpha value is -0.870. The molecular formula is C12H23NO2S. The van der Waals surface area contributed by atoms with Crippen molar-refractivity contribution in [2.75, 3.05) is 18.4 Å². The number of rotatable bonds is 3. The molecular weight excluding hydrogens is 222 g/mol. The predicted molar refractivity (Wildman–Crippen MR) is 72.7 cm³/mol. The van der Waals surface area contributed by atoms with E-state index >= 15 is 0 Å². The number of para-hydroxylation sites is 1. The maximum absolute atomic E-state index is 10.7. The first-order valence-corrected chi connectivity index (χ1v) is 6.99. The maximum atomic E-state index is 10.7. The van der Waals surface area contributed by atoms with Crippen molar-refractivity contribution in [3.63, 3.8) is 0 Å². The first-order valence-electron chi connectivity index (χ1n) is 5.51. The van der Waals surface area contributed by atoms with Crippen molar-refractivity contribution < 1.29 is 8.49 Å². The summed E-state index contributed by atoms with van der Waals surface area (Å²) in [7, 11) is 1.72. The van der Waals surface area contributed by atoms with Crippen molar-refractivity contribution in [3.8, 4) is 0 Å². The minimum Gasteiger partial charge on any atom is -0.242 e. The van der Waals surface area contributed by atoms with Crippen LogP contribution in [0.2, 0.25) is 0 Å². The topological polar surface area (TPSA) is 29.5 Å². The molecule has 1 rings (SSSR count). The monoisotopic (exact) mass is 245 g/mol. The van der Waals surface area contributed by atoms with Gasteiger partial charge >= 0.3 is 0 Å². The van der Waals surface area contributed by atoms with Gasteiger partial charge < -0.3 is 0 Å². The molecule has 0 N–H and O–H groups in total. The van der Waals surface area contributed by atoms with E-state index in [4.69, 9.17) is 4.28 Å². The van der Waals surface area contributed by atoms with E-state index in [2.05, 4.69) is 0 Å². The summed E-state index contributed by atoms with van der Waals surface area (Å²) < 4.78 is 15.6. The van der Waals surface area contributed by atoms with Crippen LogP contribution in [0.25, 0.3) is 0 Å². The molecule has 1 atom stereocenters. The Morgan fingerprint density at radius 1 is 1.06 bits per heavy atom. The van der Waals surface area contributed by atoms with E-state index in [0.29, 0.717) is 0 Å². The Balaban J connectivity index is 0. The van der Waals surface area contributed by atoms with Gasteiger partial charge in [0.15, 0.2) is 11.1 Å². The van der Waals surface area contributed by atoms with E-state index in [1.165, 1.54) is 11.3 Å². The normalized spacial score (nSPS) is 10.1. The first kappa shape index (κ1) is 17.5. The SMILES string of the molecule is CC.CC.CN(OS(C)=O)c1ccccc1. The molecule has 0 fully saturated rings. The van der Waals surface area contributed by atoms with Crippen LogP contribution >= 0.6 is 0 Å². The van der Waals surface area contributed by atoms with Crippen LogP contribution in [0.4, 0.5) is 5.69 Å². The number of anilines is 1. The highest BCUT2D eigenvalue weighted by atomic mass is 32.2. The lowest BCUT2D eigenvalue weighted by atomic mass is 10.3. The van der Waals surface area contributed by atoms with Gasteiger partial charge in [0.05, 0.1) is 5.69 Å². The van der Waals surface area contributed by atoms with Crippen LogP contribution in [-0.2, 0) is 15.4 Å². The third-order valence-corrected chi connectivity index (χ3v) is 1.77. The second-order valence-electron chi connectivity index (χ2n) is 2.31. The van der Waals surface area contributed by atoms with Crippen LogP contribution in [-0.4, -0.2) is 17.5 Å². The van der Waals surface area contributed by atoms with E-state index in [1.54, 1.807) is 7.05 Å². The Morgan fingerprint density at radius 2 is 1.50 bits per heavy atom. The van der Waals surface area contributed by atoms with Crippen molar-refractivity contribution in [1.29, 1.82) is 0 Å². The molecule has 0 aliphatic carbocycles. The number of benzene rings is 1. The van der Waals surface area contributed by atoms with Crippen molar-refractivity contribution >= 4 is 16.8 Å². The Labute approximate surface area is 102 Å². The summed E-state index contributed by atoms with van der Waals surface area (Å²) in [4.78, 5) is 0. The van der Waals surface area contributed by atoms with Gasteiger partial charge in [0.25, 0.3) is 0 Å². The zero-order chi connectivity index (χ0) is 13.0. The molecule has 3 nitrogen and oxygen atoms in total. The summed E-state index contributed by atoms with van der Waals surface area (Å²) in [5.41, 5.74) is 0.882. The van der Waals surface area contributed by atoms with E-state index in [1.807, 2.05) is 58.0 Å². The summed E-state index contributed by atoms with van der Waals surface area (Å²) in [6.07, 6.45) is 1.49. The van der Waals surface area contributed by atoms with Gasteiger partial charge in [-0.2, -0.15) is 4.28 Å². The van der Waals surface area contributed by atoms with Crippen molar-refractivity contribution in [2.45, 2.75) is 27.7 Å². The van der Waals surface area contributed by atoms with Gasteiger partial charge in [-0.25, -0.2) is 9.27 Å². The summed E-state index contributed by atoms with van der Waals surface area (Å²) >= 11 is -1.27. The molecule has 0 amide bonds. The van der Waals surface area contributed by atoms with E-state index in [-0.39, 0.29) is 0 Å². The van der Waals surface area contributed by atoms with Gasteiger partial charge in [-0.05, 0) is 12.1 Å². The second kappa shape index (κ2) is 12.2. The molecule has 0 bridgehead atoms. The average molecular weight is 245 g/mol. The van der Waals surface area contributed by atoms with Crippen LogP contribution in [0.1, 0.15) is 27.7 Å². The first-order chi connectivity index (χ1) is 7.70. The average Bonchev–Trinajstić information content (AvgIpc) is 2.34. The number of hydrogen-bond acceptors (Lipinski definition) is 3. The van der Waals surface area contributed by atoms with Gasteiger partial charge in [-0.1, -0.05) is 45.9 Å². The summed E-state index contributed by atoms with van der Waals surface area (Å²) in [6, 6.07) is 9.47. The highest BCUT2D eigenvalue weighted by Crippen LogP contribution is 2.11. The molecule has 94 valence electrons. The van der Waals surface area contributed by atoms with E-state index in [9.17, 15) is 4.21 Å². The largest absolute Gasteiger partial charge is 0.242 e. The molecule has 1 aromatic carbocycles. The summed E-state index contributed by atoms with van der Waals surface area (Å²) in [5, 5.41) is 1.48. The van der Waals surface area contributed by atoms with E-state index < -0.39 is 11.1 Å². The van der Waals surface area contributed by atoms with Gasteiger partial charge in [-0.15, -0.1) is 0 Å². The molecule has 0 heterocycles. The van der Waals surface area contributed by atoms with Crippen LogP contribution in [0, 0.1) is 0 Å². The zero-order valence-electron chi connectivity index (χ0n) is 11.1. The Morgan fingerprint density at radius 3 is 1.88 bits per heavy atom. The number of nitrogens with zero attached hydrogens (tertiary/aromatic N) is 1. The lowest BCUT2D eigenvalue weighted by Gasteiger charge is -2.15. The third kappa shape index (κ3) is 8.44. The van der Waals surface area contributed by atoms with Gasteiger partial charge in [0.2, 0.25) is 0 Å². The fourth-order valence-electron chi connectivity index (χ4n) is 0.838. The maximum Gasteiger partial charge on any atom is 0.176 e. The van der Waals surface area contributed by atoms with Crippen molar-refractivity contribution in [2.24, 2.45) is 0 Å². The zero-order valence-corrected chi connectivity index (χ0v) is 11.9. The lowest BCUT2D eigenvalue weighted by Crippen LogP contribution is -2.18. The molecule has 0 saturated heterocycles. The van der Waals surface area contributed by atoms with Crippen LogP contribution in [0.5, 0.6) is 0 Å². The van der Waals surface area contributed by atoms with Crippen molar-refractivity contribution in [1.82, 2.24) is 0 Å². The van der Waals surface area contributed by atoms with Crippen LogP contribution < -0.4 is 5.06 Å². The minimum absolute atomic E-state index is 0.882. The van der Waals surface area contributed by atoms with E-state index in [0.717, 1.165) is 5.69 Å². The summed E-state index contributed by atoms with van der Waals surface area (Å²) in [6.45, 7) is 8.00. The fraction of sp³-hybridized carbons (Fsp3) is 0.500. The Kier molecular flexibility index (Phi) is 13.4. The molecule has 1 aromatic rings. The molecule has 1 unspecified atom stereocenters. The van der Waals surface area contributed by atoms with Gasteiger partial charge in [0.1, 0.15) is 0 Å². The molecule has 0 aromatic heterocycles. The standard InChI is InChI=1S/C8H11NO2S.2C2H6/c1-9(11-12(2)10)8-6-4-3-5-7-8;2*1-2/h3-7H,1-2H3;2*1-2H3. The van der Waals surface area contributed by atoms with Gasteiger partial charge in [0, 0.05) is 13.3 Å². The fourth-order valence-corrected chi connectivity index (χ4v) is 1.24. The van der Waals surface area contributed by atoms with Crippen molar-refractivity contribution in [3.05, 3.63) is 30.3 Å². The predicted octanol–water partition coefficient (Wildman–Crippen LogP) is 3.40. The molecule has 4 heteroatoms. The highest BCUT2D eigenvalue weighted by molar-refractivity contribution is 7.79. The Bertz CT molecular complexity index is 265. The molecule has 0 saturated carbocycles. The molecule has 0 aliphatic heterocycles.